The number of hydrogen-bond acceptors (Lipinski definition) is 2. The summed E-state index contributed by atoms with van der Waals surface area (Å²) in [7, 11) is 0. The van der Waals surface area contributed by atoms with Crippen molar-refractivity contribution in [3.05, 3.63) is 29.8 Å². The molecule has 3 nitrogen and oxygen atoms in total. The summed E-state index contributed by atoms with van der Waals surface area (Å²) in [5, 5.41) is 2.28. The highest BCUT2D eigenvalue weighted by molar-refractivity contribution is 5.94. The van der Waals surface area contributed by atoms with Gasteiger partial charge in [-0.25, -0.2) is 8.78 Å². The van der Waals surface area contributed by atoms with Gasteiger partial charge in [0.1, 0.15) is 11.6 Å². The topological polar surface area (TPSA) is 55.1 Å². The van der Waals surface area contributed by atoms with E-state index in [-0.39, 0.29) is 5.69 Å². The van der Waals surface area contributed by atoms with Crippen LogP contribution in [0.3, 0.4) is 0 Å². The Balaban J connectivity index is 2.77. The number of nitrogens with one attached hydrogen (secondary N) is 1. The van der Waals surface area contributed by atoms with Crippen LogP contribution < -0.4 is 11.1 Å². The lowest BCUT2D eigenvalue weighted by molar-refractivity contribution is -0.117. The van der Waals surface area contributed by atoms with Crippen LogP contribution in [-0.4, -0.2) is 11.9 Å². The van der Waals surface area contributed by atoms with E-state index in [1.165, 1.54) is 0 Å². The van der Waals surface area contributed by atoms with Gasteiger partial charge in [0.25, 0.3) is 0 Å². The average molecular weight is 214 g/mol. The van der Waals surface area contributed by atoms with Crippen LogP contribution in [0.4, 0.5) is 14.5 Å². The highest BCUT2D eigenvalue weighted by Crippen LogP contribution is 2.15. The number of anilines is 1. The molecule has 0 saturated carbocycles. The summed E-state index contributed by atoms with van der Waals surface area (Å²) < 4.78 is 25.6. The largest absolute Gasteiger partial charge is 0.322 e. The van der Waals surface area contributed by atoms with Crippen molar-refractivity contribution in [1.29, 1.82) is 0 Å². The molecule has 0 saturated heterocycles. The second-order valence-corrected chi connectivity index (χ2v) is 3.13. The van der Waals surface area contributed by atoms with Crippen molar-refractivity contribution in [3.63, 3.8) is 0 Å². The van der Waals surface area contributed by atoms with E-state index in [0.717, 1.165) is 12.1 Å². The lowest BCUT2D eigenvalue weighted by Crippen LogP contribution is -2.35. The number of hydrogen-bond donors (Lipinski definition) is 2. The molecular formula is C10H12F2N2O. The Morgan fingerprint density at radius 2 is 2.20 bits per heavy atom. The van der Waals surface area contributed by atoms with E-state index in [9.17, 15) is 13.6 Å². The van der Waals surface area contributed by atoms with Crippen molar-refractivity contribution >= 4 is 11.6 Å². The van der Waals surface area contributed by atoms with Gasteiger partial charge < -0.3 is 11.1 Å². The smallest absolute Gasteiger partial charge is 0.241 e. The first-order valence-electron chi connectivity index (χ1n) is 4.56. The zero-order valence-electron chi connectivity index (χ0n) is 8.26. The maximum Gasteiger partial charge on any atom is 0.241 e. The molecule has 15 heavy (non-hydrogen) atoms. The molecule has 82 valence electrons. The fourth-order valence-electron chi connectivity index (χ4n) is 1.00. The number of benzene rings is 1. The molecule has 0 radical (unpaired) electrons. The van der Waals surface area contributed by atoms with E-state index >= 15 is 0 Å². The zero-order chi connectivity index (χ0) is 11.4. The van der Waals surface area contributed by atoms with E-state index in [1.54, 1.807) is 6.92 Å². The van der Waals surface area contributed by atoms with Gasteiger partial charge in [0.2, 0.25) is 5.91 Å². The quantitative estimate of drug-likeness (QED) is 0.803. The van der Waals surface area contributed by atoms with Crippen LogP contribution in [0.1, 0.15) is 13.3 Å². The van der Waals surface area contributed by atoms with E-state index in [0.29, 0.717) is 12.5 Å². The first kappa shape index (κ1) is 11.6. The molecule has 0 aliphatic carbocycles. The first-order chi connectivity index (χ1) is 7.04. The standard InChI is InChI=1S/C10H12F2N2O/c1-2-8(13)10(15)14-9-4-3-6(11)5-7(9)12/h3-5,8H,2,13H2,1H3,(H,14,15)/t8-/m0/s1. The maximum atomic E-state index is 13.1. The first-order valence-corrected chi connectivity index (χ1v) is 4.56. The molecule has 0 heterocycles. The fraction of sp³-hybridized carbons (Fsp3) is 0.300. The molecule has 0 aliphatic heterocycles. The predicted molar refractivity (Wildman–Crippen MR) is 53.3 cm³/mol. The van der Waals surface area contributed by atoms with Crippen LogP contribution in [0.2, 0.25) is 0 Å². The molecule has 1 aromatic carbocycles. The van der Waals surface area contributed by atoms with E-state index in [4.69, 9.17) is 5.73 Å². The summed E-state index contributed by atoms with van der Waals surface area (Å²) in [6.07, 6.45) is 0.453. The van der Waals surface area contributed by atoms with Crippen molar-refractivity contribution in [2.24, 2.45) is 5.73 Å². The Morgan fingerprint density at radius 1 is 1.53 bits per heavy atom. The molecule has 3 N–H and O–H groups in total. The van der Waals surface area contributed by atoms with Gasteiger partial charge in [0, 0.05) is 6.07 Å². The SMILES string of the molecule is CC[C@H](N)C(=O)Nc1ccc(F)cc1F. The Hall–Kier alpha value is -1.49. The highest BCUT2D eigenvalue weighted by Gasteiger charge is 2.13. The van der Waals surface area contributed by atoms with Gasteiger partial charge in [-0.2, -0.15) is 0 Å². The minimum absolute atomic E-state index is 0.0645. The molecule has 1 aromatic rings. The van der Waals surface area contributed by atoms with Crippen LogP contribution in [-0.2, 0) is 4.79 Å². The summed E-state index contributed by atoms with van der Waals surface area (Å²) in [5.41, 5.74) is 5.37. The van der Waals surface area contributed by atoms with Gasteiger partial charge in [-0.3, -0.25) is 4.79 Å². The zero-order valence-corrected chi connectivity index (χ0v) is 8.26. The van der Waals surface area contributed by atoms with Crippen LogP contribution in [0.15, 0.2) is 18.2 Å². The summed E-state index contributed by atoms with van der Waals surface area (Å²) in [4.78, 5) is 11.3. The second kappa shape index (κ2) is 4.84. The van der Waals surface area contributed by atoms with Crippen molar-refractivity contribution < 1.29 is 13.6 Å². The van der Waals surface area contributed by atoms with Gasteiger partial charge >= 0.3 is 0 Å². The van der Waals surface area contributed by atoms with E-state index < -0.39 is 23.6 Å². The van der Waals surface area contributed by atoms with Crippen LogP contribution in [0.25, 0.3) is 0 Å². The Labute approximate surface area is 86.3 Å². The summed E-state index contributed by atoms with van der Waals surface area (Å²) in [5.74, 6) is -1.99. The van der Waals surface area contributed by atoms with Gasteiger partial charge in [0.05, 0.1) is 11.7 Å². The van der Waals surface area contributed by atoms with Crippen LogP contribution >= 0.6 is 0 Å². The minimum Gasteiger partial charge on any atom is -0.322 e. The van der Waals surface area contributed by atoms with E-state index in [2.05, 4.69) is 5.32 Å². The number of carbonyl (C=O) groups is 1. The number of amides is 1. The maximum absolute atomic E-state index is 13.1. The molecule has 0 bridgehead atoms. The second-order valence-electron chi connectivity index (χ2n) is 3.13. The van der Waals surface area contributed by atoms with Crippen molar-refractivity contribution in [3.8, 4) is 0 Å². The number of halogens is 2. The molecular weight excluding hydrogens is 202 g/mol. The van der Waals surface area contributed by atoms with Crippen molar-refractivity contribution in [1.82, 2.24) is 0 Å². The van der Waals surface area contributed by atoms with Crippen molar-refractivity contribution in [2.75, 3.05) is 5.32 Å². The average Bonchev–Trinajstić information content (AvgIpc) is 2.20. The third-order valence-corrected chi connectivity index (χ3v) is 1.97. The van der Waals surface area contributed by atoms with Gasteiger partial charge in [-0.15, -0.1) is 0 Å². The normalized spacial score (nSPS) is 12.3. The highest BCUT2D eigenvalue weighted by atomic mass is 19.1. The van der Waals surface area contributed by atoms with Gasteiger partial charge in [-0.05, 0) is 18.6 Å². The lowest BCUT2D eigenvalue weighted by Gasteiger charge is -2.10. The Kier molecular flexibility index (Phi) is 3.74. The summed E-state index contributed by atoms with van der Waals surface area (Å²) in [6.45, 7) is 1.74. The summed E-state index contributed by atoms with van der Waals surface area (Å²) >= 11 is 0. The molecule has 0 fully saturated rings. The molecule has 0 unspecified atom stereocenters. The van der Waals surface area contributed by atoms with Crippen molar-refractivity contribution in [2.45, 2.75) is 19.4 Å². The molecule has 1 rings (SSSR count). The Bertz CT molecular complexity index is 368. The fourth-order valence-corrected chi connectivity index (χ4v) is 1.00. The van der Waals surface area contributed by atoms with E-state index in [1.807, 2.05) is 0 Å². The monoisotopic (exact) mass is 214 g/mol. The number of nitrogens with two attached hydrogens (primary N) is 1. The molecule has 1 amide bonds. The molecule has 0 aliphatic rings. The van der Waals surface area contributed by atoms with Gasteiger partial charge in [0.15, 0.2) is 0 Å². The molecule has 1 atom stereocenters. The summed E-state index contributed by atoms with van der Waals surface area (Å²) in [6, 6.07) is 2.24. The minimum atomic E-state index is -0.813. The number of rotatable bonds is 3. The lowest BCUT2D eigenvalue weighted by atomic mass is 10.2. The molecule has 0 spiro atoms. The van der Waals surface area contributed by atoms with Crippen LogP contribution in [0, 0.1) is 11.6 Å². The van der Waals surface area contributed by atoms with Gasteiger partial charge in [-0.1, -0.05) is 6.92 Å². The Morgan fingerprint density at radius 3 is 2.73 bits per heavy atom. The van der Waals surface area contributed by atoms with Crippen LogP contribution in [0.5, 0.6) is 0 Å². The molecule has 5 heteroatoms. The third-order valence-electron chi connectivity index (χ3n) is 1.97. The number of carbonyl (C=O) groups excluding carboxylic acids is 1. The predicted octanol–water partition coefficient (Wildman–Crippen LogP) is 1.64. The third kappa shape index (κ3) is 2.99. The molecule has 0 aromatic heterocycles.